The lowest BCUT2D eigenvalue weighted by atomic mass is 10.1. The molecule has 0 spiro atoms. The first-order valence-electron chi connectivity index (χ1n) is 7.49. The SMILES string of the molecule is CCOc1ccccc1NC(=O)COc1cc(C)ccc1C(=O)O. The molecule has 6 heteroatoms. The van der Waals surface area contributed by atoms with Gasteiger partial charge in [-0.2, -0.15) is 0 Å². The first-order chi connectivity index (χ1) is 11.5. The summed E-state index contributed by atoms with van der Waals surface area (Å²) in [7, 11) is 0. The zero-order valence-corrected chi connectivity index (χ0v) is 13.5. The number of aryl methyl sites for hydroxylation is 1. The van der Waals surface area contributed by atoms with Crippen molar-refractivity contribution in [2.24, 2.45) is 0 Å². The van der Waals surface area contributed by atoms with Crippen LogP contribution in [0.2, 0.25) is 0 Å². The Kier molecular flexibility index (Phi) is 5.78. The number of carbonyl (C=O) groups is 2. The highest BCUT2D eigenvalue weighted by Crippen LogP contribution is 2.24. The minimum Gasteiger partial charge on any atom is -0.492 e. The first-order valence-corrected chi connectivity index (χ1v) is 7.49. The predicted molar refractivity (Wildman–Crippen MR) is 89.9 cm³/mol. The maximum Gasteiger partial charge on any atom is 0.339 e. The monoisotopic (exact) mass is 329 g/mol. The summed E-state index contributed by atoms with van der Waals surface area (Å²) < 4.78 is 10.8. The molecule has 2 aromatic carbocycles. The molecule has 6 nitrogen and oxygen atoms in total. The summed E-state index contributed by atoms with van der Waals surface area (Å²) in [6.45, 7) is 3.85. The third-order valence-corrected chi connectivity index (χ3v) is 3.19. The van der Waals surface area contributed by atoms with Crippen molar-refractivity contribution in [3.8, 4) is 11.5 Å². The van der Waals surface area contributed by atoms with Crippen molar-refractivity contribution in [2.75, 3.05) is 18.5 Å². The summed E-state index contributed by atoms with van der Waals surface area (Å²) in [6, 6.07) is 11.8. The topological polar surface area (TPSA) is 84.9 Å². The van der Waals surface area contributed by atoms with E-state index in [2.05, 4.69) is 5.32 Å². The van der Waals surface area contributed by atoms with Crippen LogP contribution in [0.5, 0.6) is 11.5 Å². The number of amides is 1. The molecule has 0 atom stereocenters. The van der Waals surface area contributed by atoms with Crippen LogP contribution in [0, 0.1) is 6.92 Å². The van der Waals surface area contributed by atoms with Crippen molar-refractivity contribution in [3.05, 3.63) is 53.6 Å². The number of hydrogen-bond acceptors (Lipinski definition) is 4. The Morgan fingerprint density at radius 3 is 2.54 bits per heavy atom. The number of benzene rings is 2. The van der Waals surface area contributed by atoms with Crippen molar-refractivity contribution in [3.63, 3.8) is 0 Å². The molecule has 0 fully saturated rings. The van der Waals surface area contributed by atoms with E-state index in [4.69, 9.17) is 14.6 Å². The van der Waals surface area contributed by atoms with Gasteiger partial charge in [0, 0.05) is 0 Å². The van der Waals surface area contributed by atoms with Gasteiger partial charge in [0.1, 0.15) is 17.1 Å². The van der Waals surface area contributed by atoms with Crippen LogP contribution >= 0.6 is 0 Å². The van der Waals surface area contributed by atoms with Crippen LogP contribution in [-0.2, 0) is 4.79 Å². The van der Waals surface area contributed by atoms with E-state index in [1.165, 1.54) is 6.07 Å². The summed E-state index contributed by atoms with van der Waals surface area (Å²) in [4.78, 5) is 23.3. The molecule has 0 bridgehead atoms. The highest BCUT2D eigenvalue weighted by Gasteiger charge is 2.13. The Hall–Kier alpha value is -3.02. The number of para-hydroxylation sites is 2. The largest absolute Gasteiger partial charge is 0.492 e. The third kappa shape index (κ3) is 4.49. The fourth-order valence-corrected chi connectivity index (χ4v) is 2.11. The molecule has 0 aliphatic rings. The zero-order chi connectivity index (χ0) is 17.5. The summed E-state index contributed by atoms with van der Waals surface area (Å²) in [5, 5.41) is 11.8. The molecule has 0 radical (unpaired) electrons. The van der Waals surface area contributed by atoms with Gasteiger partial charge in [-0.1, -0.05) is 18.2 Å². The smallest absolute Gasteiger partial charge is 0.339 e. The Balaban J connectivity index is 2.04. The number of carboxylic acids is 1. The number of anilines is 1. The highest BCUT2D eigenvalue weighted by molar-refractivity contribution is 5.94. The number of aromatic carboxylic acids is 1. The number of rotatable bonds is 7. The number of nitrogens with one attached hydrogen (secondary N) is 1. The number of carbonyl (C=O) groups excluding carboxylic acids is 1. The van der Waals surface area contributed by atoms with Crippen LogP contribution in [0.4, 0.5) is 5.69 Å². The maximum atomic E-state index is 12.1. The molecule has 0 aliphatic carbocycles. The predicted octanol–water partition coefficient (Wildman–Crippen LogP) is 3.11. The molecule has 0 aliphatic heterocycles. The molecule has 0 unspecified atom stereocenters. The van der Waals surface area contributed by atoms with Crippen molar-refractivity contribution < 1.29 is 24.2 Å². The van der Waals surface area contributed by atoms with E-state index in [0.29, 0.717) is 18.0 Å². The highest BCUT2D eigenvalue weighted by atomic mass is 16.5. The van der Waals surface area contributed by atoms with Crippen LogP contribution in [0.3, 0.4) is 0 Å². The van der Waals surface area contributed by atoms with Gasteiger partial charge in [-0.05, 0) is 43.7 Å². The normalized spacial score (nSPS) is 10.1. The number of hydrogen-bond donors (Lipinski definition) is 2. The van der Waals surface area contributed by atoms with Gasteiger partial charge >= 0.3 is 5.97 Å². The minimum atomic E-state index is -1.10. The van der Waals surface area contributed by atoms with E-state index in [9.17, 15) is 9.59 Å². The molecule has 24 heavy (non-hydrogen) atoms. The van der Waals surface area contributed by atoms with Crippen LogP contribution < -0.4 is 14.8 Å². The van der Waals surface area contributed by atoms with E-state index in [0.717, 1.165) is 5.56 Å². The number of carboxylic acid groups (broad SMARTS) is 1. The molecule has 126 valence electrons. The van der Waals surface area contributed by atoms with Gasteiger partial charge in [-0.3, -0.25) is 4.79 Å². The van der Waals surface area contributed by atoms with Gasteiger partial charge in [-0.25, -0.2) is 4.79 Å². The molecule has 0 heterocycles. The summed E-state index contributed by atoms with van der Waals surface area (Å²) in [6.07, 6.45) is 0. The van der Waals surface area contributed by atoms with E-state index >= 15 is 0 Å². The fourth-order valence-electron chi connectivity index (χ4n) is 2.11. The van der Waals surface area contributed by atoms with Crippen molar-refractivity contribution in [1.29, 1.82) is 0 Å². The molecular formula is C18H19NO5. The molecule has 1 amide bonds. The van der Waals surface area contributed by atoms with Gasteiger partial charge in [0.25, 0.3) is 5.91 Å². The van der Waals surface area contributed by atoms with E-state index in [1.54, 1.807) is 30.3 Å². The van der Waals surface area contributed by atoms with E-state index < -0.39 is 11.9 Å². The second-order valence-electron chi connectivity index (χ2n) is 5.07. The summed E-state index contributed by atoms with van der Waals surface area (Å²) in [5.41, 5.74) is 1.40. The molecule has 0 aromatic heterocycles. The standard InChI is InChI=1S/C18H19NO5/c1-3-23-15-7-5-4-6-14(15)19-17(20)11-24-16-10-12(2)8-9-13(16)18(21)22/h4-10H,3,11H2,1-2H3,(H,19,20)(H,21,22). The van der Waals surface area contributed by atoms with Crippen molar-refractivity contribution in [2.45, 2.75) is 13.8 Å². The maximum absolute atomic E-state index is 12.1. The lowest BCUT2D eigenvalue weighted by Crippen LogP contribution is -2.21. The van der Waals surface area contributed by atoms with Crippen LogP contribution in [0.15, 0.2) is 42.5 Å². The molecule has 2 aromatic rings. The van der Waals surface area contributed by atoms with Gasteiger partial charge in [-0.15, -0.1) is 0 Å². The number of ether oxygens (including phenoxy) is 2. The van der Waals surface area contributed by atoms with Crippen LogP contribution in [0.25, 0.3) is 0 Å². The lowest BCUT2D eigenvalue weighted by molar-refractivity contribution is -0.118. The van der Waals surface area contributed by atoms with Crippen molar-refractivity contribution in [1.82, 2.24) is 0 Å². The lowest BCUT2D eigenvalue weighted by Gasteiger charge is -2.13. The van der Waals surface area contributed by atoms with Gasteiger partial charge < -0.3 is 19.9 Å². The van der Waals surface area contributed by atoms with Crippen molar-refractivity contribution >= 4 is 17.6 Å². The van der Waals surface area contributed by atoms with Gasteiger partial charge in [0.05, 0.1) is 12.3 Å². The molecular weight excluding hydrogens is 310 g/mol. The Morgan fingerprint density at radius 2 is 1.83 bits per heavy atom. The van der Waals surface area contributed by atoms with E-state index in [1.807, 2.05) is 19.9 Å². The Labute approximate surface area is 140 Å². The van der Waals surface area contributed by atoms with E-state index in [-0.39, 0.29) is 17.9 Å². The summed E-state index contributed by atoms with van der Waals surface area (Å²) in [5.74, 6) is -0.780. The second kappa shape index (κ2) is 8.01. The Morgan fingerprint density at radius 1 is 1.08 bits per heavy atom. The first kappa shape index (κ1) is 17.3. The molecule has 2 rings (SSSR count). The third-order valence-electron chi connectivity index (χ3n) is 3.19. The zero-order valence-electron chi connectivity index (χ0n) is 13.5. The van der Waals surface area contributed by atoms with Crippen LogP contribution in [-0.4, -0.2) is 30.2 Å². The average molecular weight is 329 g/mol. The van der Waals surface area contributed by atoms with Gasteiger partial charge in [0.2, 0.25) is 0 Å². The fraction of sp³-hybridized carbons (Fsp3) is 0.222. The second-order valence-corrected chi connectivity index (χ2v) is 5.07. The molecule has 2 N–H and O–H groups in total. The molecule has 0 saturated heterocycles. The quantitative estimate of drug-likeness (QED) is 0.815. The van der Waals surface area contributed by atoms with Crippen LogP contribution in [0.1, 0.15) is 22.8 Å². The Bertz CT molecular complexity index is 742. The molecule has 0 saturated carbocycles. The summed E-state index contributed by atoms with van der Waals surface area (Å²) >= 11 is 0. The average Bonchev–Trinajstić information content (AvgIpc) is 2.55. The minimum absolute atomic E-state index is 0.0168. The van der Waals surface area contributed by atoms with Gasteiger partial charge in [0.15, 0.2) is 6.61 Å².